The van der Waals surface area contributed by atoms with Crippen molar-refractivity contribution in [2.45, 2.75) is 19.7 Å². The molecule has 14 heavy (non-hydrogen) atoms. The summed E-state index contributed by atoms with van der Waals surface area (Å²) in [6.45, 7) is 3.92. The number of aromatic amines is 1. The normalized spacial score (nSPS) is 11.1. The molecule has 0 fully saturated rings. The fourth-order valence-electron chi connectivity index (χ4n) is 1.36. The fraction of sp³-hybridized carbons (Fsp3) is 0.333. The van der Waals surface area contributed by atoms with Crippen LogP contribution in [0.2, 0.25) is 0 Å². The van der Waals surface area contributed by atoms with Gasteiger partial charge in [0.05, 0.1) is 11.3 Å². The zero-order valence-corrected chi connectivity index (χ0v) is 9.42. The minimum Gasteiger partial charge on any atom is -0.309 e. The number of fused-ring (bicyclic) bond motifs is 1. The Hall–Kier alpha value is -0.870. The lowest BCUT2D eigenvalue weighted by atomic mass is 10.2. The molecule has 0 unspecified atom stereocenters. The molecule has 0 radical (unpaired) electrons. The van der Waals surface area contributed by atoms with Crippen LogP contribution in [0.4, 0.5) is 0 Å². The van der Waals surface area contributed by atoms with Crippen molar-refractivity contribution in [2.24, 2.45) is 0 Å². The van der Waals surface area contributed by atoms with Crippen molar-refractivity contribution in [3.8, 4) is 0 Å². The van der Waals surface area contributed by atoms with E-state index < -0.39 is 0 Å². The van der Waals surface area contributed by atoms with Crippen molar-refractivity contribution in [3.05, 3.63) is 26.6 Å². The van der Waals surface area contributed by atoms with E-state index in [-0.39, 0.29) is 11.4 Å². The van der Waals surface area contributed by atoms with Crippen molar-refractivity contribution < 1.29 is 0 Å². The second kappa shape index (κ2) is 3.37. The standard InChI is InChI=1S/C9H9ClN2OS/c1-4-5(2)14-9-7(4)8(13)11-6(3-10)12-9/h3H2,1-2H3,(H,11,12,13). The van der Waals surface area contributed by atoms with E-state index in [1.54, 1.807) is 0 Å². The average molecular weight is 229 g/mol. The molecule has 3 nitrogen and oxygen atoms in total. The fourth-order valence-corrected chi connectivity index (χ4v) is 2.54. The maximum atomic E-state index is 11.6. The maximum absolute atomic E-state index is 11.6. The first-order valence-electron chi connectivity index (χ1n) is 4.18. The third kappa shape index (κ3) is 1.35. The minimum atomic E-state index is -0.0903. The third-order valence-corrected chi connectivity index (χ3v) is 3.57. The second-order valence-corrected chi connectivity index (χ2v) is 4.58. The second-order valence-electron chi connectivity index (χ2n) is 3.11. The molecular weight excluding hydrogens is 220 g/mol. The Morgan fingerprint density at radius 3 is 2.86 bits per heavy atom. The van der Waals surface area contributed by atoms with E-state index >= 15 is 0 Å². The van der Waals surface area contributed by atoms with Gasteiger partial charge in [-0.15, -0.1) is 22.9 Å². The van der Waals surface area contributed by atoms with Gasteiger partial charge >= 0.3 is 0 Å². The van der Waals surface area contributed by atoms with Crippen LogP contribution in [-0.2, 0) is 5.88 Å². The van der Waals surface area contributed by atoms with E-state index in [1.807, 2.05) is 13.8 Å². The Morgan fingerprint density at radius 1 is 1.50 bits per heavy atom. The molecule has 0 aliphatic heterocycles. The summed E-state index contributed by atoms with van der Waals surface area (Å²) in [5, 5.41) is 0.696. The van der Waals surface area contributed by atoms with Gasteiger partial charge in [0.2, 0.25) is 0 Å². The van der Waals surface area contributed by atoms with Gasteiger partial charge in [0.15, 0.2) is 0 Å². The quantitative estimate of drug-likeness (QED) is 0.762. The van der Waals surface area contributed by atoms with Gasteiger partial charge in [0.1, 0.15) is 10.7 Å². The number of hydrogen-bond donors (Lipinski definition) is 1. The largest absolute Gasteiger partial charge is 0.309 e. The predicted molar refractivity (Wildman–Crippen MR) is 59.3 cm³/mol. The minimum absolute atomic E-state index is 0.0903. The van der Waals surface area contributed by atoms with Crippen LogP contribution in [0, 0.1) is 13.8 Å². The molecule has 1 N–H and O–H groups in total. The van der Waals surface area contributed by atoms with E-state index in [1.165, 1.54) is 11.3 Å². The number of nitrogens with one attached hydrogen (secondary N) is 1. The number of thiophene rings is 1. The number of aromatic nitrogens is 2. The highest BCUT2D eigenvalue weighted by Gasteiger charge is 2.10. The van der Waals surface area contributed by atoms with E-state index in [9.17, 15) is 4.79 Å². The molecule has 0 spiro atoms. The Morgan fingerprint density at radius 2 is 2.21 bits per heavy atom. The Bertz CT molecular complexity index is 543. The zero-order valence-electron chi connectivity index (χ0n) is 7.85. The molecule has 0 saturated carbocycles. The first kappa shape index (κ1) is 9.68. The number of hydrogen-bond acceptors (Lipinski definition) is 3. The van der Waals surface area contributed by atoms with Gasteiger partial charge < -0.3 is 4.98 Å². The van der Waals surface area contributed by atoms with E-state index in [2.05, 4.69) is 9.97 Å². The van der Waals surface area contributed by atoms with Crippen LogP contribution in [-0.4, -0.2) is 9.97 Å². The van der Waals surface area contributed by atoms with Crippen molar-refractivity contribution in [1.82, 2.24) is 9.97 Å². The number of rotatable bonds is 1. The van der Waals surface area contributed by atoms with Crippen LogP contribution in [0.15, 0.2) is 4.79 Å². The van der Waals surface area contributed by atoms with Crippen LogP contribution in [0.1, 0.15) is 16.3 Å². The molecule has 0 saturated heterocycles. The molecule has 0 aliphatic rings. The highest BCUT2D eigenvalue weighted by atomic mass is 35.5. The summed E-state index contributed by atoms with van der Waals surface area (Å²) in [5.41, 5.74) is 0.923. The Balaban J connectivity index is 2.90. The lowest BCUT2D eigenvalue weighted by molar-refractivity contribution is 1.04. The van der Waals surface area contributed by atoms with Gasteiger partial charge in [-0.2, -0.15) is 0 Å². The van der Waals surface area contributed by atoms with E-state index in [4.69, 9.17) is 11.6 Å². The summed E-state index contributed by atoms with van der Waals surface area (Å²) in [6.07, 6.45) is 0. The van der Waals surface area contributed by atoms with Gasteiger partial charge in [-0.3, -0.25) is 4.79 Å². The summed E-state index contributed by atoms with van der Waals surface area (Å²) in [7, 11) is 0. The lowest BCUT2D eigenvalue weighted by Gasteiger charge is -1.94. The van der Waals surface area contributed by atoms with Gasteiger partial charge in [-0.05, 0) is 19.4 Å². The monoisotopic (exact) mass is 228 g/mol. The molecule has 2 aromatic heterocycles. The molecule has 0 aromatic carbocycles. The molecular formula is C9H9ClN2OS. The molecule has 2 rings (SSSR count). The molecule has 0 amide bonds. The van der Waals surface area contributed by atoms with Gasteiger partial charge in [-0.25, -0.2) is 4.98 Å². The molecule has 0 atom stereocenters. The van der Waals surface area contributed by atoms with Crippen LogP contribution in [0.5, 0.6) is 0 Å². The van der Waals surface area contributed by atoms with Crippen molar-refractivity contribution in [1.29, 1.82) is 0 Å². The highest BCUT2D eigenvalue weighted by Crippen LogP contribution is 2.25. The molecule has 5 heteroatoms. The summed E-state index contributed by atoms with van der Waals surface area (Å²) in [6, 6.07) is 0. The first-order chi connectivity index (χ1) is 6.63. The van der Waals surface area contributed by atoms with E-state index in [0.717, 1.165) is 15.3 Å². The molecule has 0 aliphatic carbocycles. The number of nitrogens with zero attached hydrogens (tertiary/aromatic N) is 1. The summed E-state index contributed by atoms with van der Waals surface area (Å²) in [5.74, 6) is 0.770. The van der Waals surface area contributed by atoms with Gasteiger partial charge in [-0.1, -0.05) is 0 Å². The van der Waals surface area contributed by atoms with Crippen LogP contribution in [0.3, 0.4) is 0 Å². The van der Waals surface area contributed by atoms with Gasteiger partial charge in [0, 0.05) is 4.88 Å². The smallest absolute Gasteiger partial charge is 0.259 e. The topological polar surface area (TPSA) is 45.8 Å². The van der Waals surface area contributed by atoms with Crippen LogP contribution < -0.4 is 5.56 Å². The third-order valence-electron chi connectivity index (χ3n) is 2.21. The van der Waals surface area contributed by atoms with Crippen LogP contribution >= 0.6 is 22.9 Å². The number of aryl methyl sites for hydroxylation is 2. The molecule has 0 bridgehead atoms. The SMILES string of the molecule is Cc1sc2nc(CCl)[nH]c(=O)c2c1C. The van der Waals surface area contributed by atoms with Gasteiger partial charge in [0.25, 0.3) is 5.56 Å². The van der Waals surface area contributed by atoms with Crippen LogP contribution in [0.25, 0.3) is 10.2 Å². The predicted octanol–water partition coefficient (Wildman–Crippen LogP) is 2.34. The Kier molecular flexibility index (Phi) is 2.33. The maximum Gasteiger partial charge on any atom is 0.259 e. The molecule has 2 heterocycles. The number of halogens is 1. The number of H-pyrrole nitrogens is 1. The summed E-state index contributed by atoms with van der Waals surface area (Å²) < 4.78 is 0. The van der Waals surface area contributed by atoms with Crippen molar-refractivity contribution in [2.75, 3.05) is 0 Å². The molecule has 2 aromatic rings. The molecule has 74 valence electrons. The zero-order chi connectivity index (χ0) is 10.3. The lowest BCUT2D eigenvalue weighted by Crippen LogP contribution is -2.10. The Labute approximate surface area is 89.8 Å². The van der Waals surface area contributed by atoms with Crippen molar-refractivity contribution >= 4 is 33.2 Å². The highest BCUT2D eigenvalue weighted by molar-refractivity contribution is 7.18. The number of alkyl halides is 1. The average Bonchev–Trinajstić information content (AvgIpc) is 2.43. The van der Waals surface area contributed by atoms with E-state index in [0.29, 0.717) is 11.2 Å². The summed E-state index contributed by atoms with van der Waals surface area (Å²) >= 11 is 7.15. The van der Waals surface area contributed by atoms with Crippen molar-refractivity contribution in [3.63, 3.8) is 0 Å². The summed E-state index contributed by atoms with van der Waals surface area (Å²) in [4.78, 5) is 20.5. The first-order valence-corrected chi connectivity index (χ1v) is 5.53.